The van der Waals surface area contributed by atoms with Crippen LogP contribution in [0.5, 0.6) is 0 Å². The van der Waals surface area contributed by atoms with Gasteiger partial charge in [0.2, 0.25) is 5.91 Å². The molecule has 1 aromatic heterocycles. The van der Waals surface area contributed by atoms with Crippen LogP contribution in [-0.4, -0.2) is 43.5 Å². The topological polar surface area (TPSA) is 100 Å². The molecule has 0 atom stereocenters. The van der Waals surface area contributed by atoms with Gasteiger partial charge in [-0.05, 0) is 6.42 Å². The Morgan fingerprint density at radius 3 is 2.60 bits per heavy atom. The molecule has 0 unspecified atom stereocenters. The first-order valence-corrected chi connectivity index (χ1v) is 7.27. The molecule has 1 rings (SSSR count). The van der Waals surface area contributed by atoms with E-state index in [0.29, 0.717) is 18.0 Å². The zero-order chi connectivity index (χ0) is 15.1. The number of hydrogen-bond acceptors (Lipinski definition) is 6. The maximum absolute atomic E-state index is 12.0. The van der Waals surface area contributed by atoms with E-state index in [4.69, 9.17) is 5.73 Å². The van der Waals surface area contributed by atoms with Gasteiger partial charge in [0.15, 0.2) is 5.13 Å². The van der Waals surface area contributed by atoms with E-state index in [-0.39, 0.29) is 17.6 Å². The molecule has 0 saturated carbocycles. The lowest BCUT2D eigenvalue weighted by Gasteiger charge is -2.13. The molecule has 1 heterocycles. The summed E-state index contributed by atoms with van der Waals surface area (Å²) in [7, 11) is 1.92. The van der Waals surface area contributed by atoms with E-state index in [2.05, 4.69) is 22.5 Å². The van der Waals surface area contributed by atoms with Crippen LogP contribution < -0.4 is 21.3 Å². The number of hydrogen-bond donors (Lipinski definition) is 3. The average molecular weight is 299 g/mol. The Morgan fingerprint density at radius 2 is 2.00 bits per heavy atom. The van der Waals surface area contributed by atoms with E-state index in [0.717, 1.165) is 18.1 Å². The first kappa shape index (κ1) is 16.2. The molecule has 0 aliphatic carbocycles. The van der Waals surface area contributed by atoms with Crippen LogP contribution in [0.2, 0.25) is 0 Å². The van der Waals surface area contributed by atoms with Crippen molar-refractivity contribution < 1.29 is 9.59 Å². The molecule has 0 aromatic carbocycles. The van der Waals surface area contributed by atoms with Crippen LogP contribution >= 0.6 is 11.3 Å². The molecular formula is C12H21N5O2S. The van der Waals surface area contributed by atoms with Crippen LogP contribution in [0.3, 0.4) is 0 Å². The van der Waals surface area contributed by atoms with Gasteiger partial charge < -0.3 is 21.3 Å². The fourth-order valence-corrected chi connectivity index (χ4v) is 2.46. The smallest absolute Gasteiger partial charge is 0.265 e. The molecule has 20 heavy (non-hydrogen) atoms. The van der Waals surface area contributed by atoms with Gasteiger partial charge in [-0.15, -0.1) is 0 Å². The first-order valence-electron chi connectivity index (χ1n) is 6.45. The average Bonchev–Trinajstić information content (AvgIpc) is 2.77. The molecule has 2 amide bonds. The molecule has 1 aromatic rings. The molecule has 0 spiro atoms. The van der Waals surface area contributed by atoms with Gasteiger partial charge in [-0.25, -0.2) is 4.98 Å². The molecule has 0 bridgehead atoms. The lowest BCUT2D eigenvalue weighted by atomic mass is 10.4. The van der Waals surface area contributed by atoms with Gasteiger partial charge in [0.05, 0.1) is 0 Å². The highest BCUT2D eigenvalue weighted by atomic mass is 32.1. The van der Waals surface area contributed by atoms with Crippen LogP contribution in [0.15, 0.2) is 0 Å². The highest BCUT2D eigenvalue weighted by Crippen LogP contribution is 2.27. The Balaban J connectivity index is 2.57. The summed E-state index contributed by atoms with van der Waals surface area (Å²) in [6.07, 6.45) is 0.994. The van der Waals surface area contributed by atoms with E-state index in [1.54, 1.807) is 0 Å². The minimum Gasteiger partial charge on any atom is -0.382 e. The Labute approximate surface area is 122 Å². The van der Waals surface area contributed by atoms with Gasteiger partial charge >= 0.3 is 0 Å². The molecular weight excluding hydrogens is 278 g/mol. The lowest BCUT2D eigenvalue weighted by molar-refractivity contribution is -0.118. The molecule has 0 aliphatic heterocycles. The van der Waals surface area contributed by atoms with Crippen molar-refractivity contribution in [1.29, 1.82) is 0 Å². The number of nitrogens with zero attached hydrogens (tertiary/aromatic N) is 2. The fraction of sp³-hybridized carbons (Fsp3) is 0.583. The van der Waals surface area contributed by atoms with Gasteiger partial charge in [-0.3, -0.25) is 9.59 Å². The zero-order valence-electron chi connectivity index (χ0n) is 12.0. The number of nitrogens with one attached hydrogen (secondary N) is 2. The number of aromatic nitrogens is 1. The second kappa shape index (κ2) is 7.68. The summed E-state index contributed by atoms with van der Waals surface area (Å²) in [5.74, 6) is -0.147. The molecule has 0 fully saturated rings. The summed E-state index contributed by atoms with van der Waals surface area (Å²) < 4.78 is 0. The van der Waals surface area contributed by atoms with Gasteiger partial charge in [0, 0.05) is 33.6 Å². The molecule has 0 saturated heterocycles. The minimum absolute atomic E-state index is 0.125. The Hall–Kier alpha value is -1.83. The Morgan fingerprint density at radius 1 is 1.35 bits per heavy atom. The third kappa shape index (κ3) is 4.69. The largest absolute Gasteiger partial charge is 0.382 e. The summed E-state index contributed by atoms with van der Waals surface area (Å²) in [5, 5.41) is 6.03. The van der Waals surface area contributed by atoms with Gasteiger partial charge in [0.1, 0.15) is 10.7 Å². The predicted molar refractivity (Wildman–Crippen MR) is 81.1 cm³/mol. The van der Waals surface area contributed by atoms with Crippen LogP contribution in [0, 0.1) is 0 Å². The van der Waals surface area contributed by atoms with E-state index < -0.39 is 0 Å². The van der Waals surface area contributed by atoms with Crippen molar-refractivity contribution in [3.8, 4) is 0 Å². The molecule has 0 aliphatic rings. The van der Waals surface area contributed by atoms with E-state index in [1.165, 1.54) is 18.3 Å². The number of nitrogens with two attached hydrogens (primary N) is 1. The van der Waals surface area contributed by atoms with Gasteiger partial charge in [-0.2, -0.15) is 0 Å². The number of thiazole rings is 1. The maximum atomic E-state index is 12.0. The highest BCUT2D eigenvalue weighted by Gasteiger charge is 2.17. The molecule has 4 N–H and O–H groups in total. The maximum Gasteiger partial charge on any atom is 0.265 e. The van der Waals surface area contributed by atoms with Gasteiger partial charge in [-0.1, -0.05) is 18.3 Å². The van der Waals surface area contributed by atoms with E-state index in [1.807, 2.05) is 11.9 Å². The normalized spacial score (nSPS) is 10.2. The van der Waals surface area contributed by atoms with Crippen LogP contribution in [0.1, 0.15) is 29.9 Å². The van der Waals surface area contributed by atoms with Crippen molar-refractivity contribution in [2.45, 2.75) is 20.3 Å². The number of amides is 2. The second-order valence-corrected chi connectivity index (χ2v) is 5.35. The lowest BCUT2D eigenvalue weighted by Crippen LogP contribution is -2.33. The monoisotopic (exact) mass is 299 g/mol. The molecule has 7 nitrogen and oxygen atoms in total. The van der Waals surface area contributed by atoms with Crippen molar-refractivity contribution >= 4 is 34.1 Å². The Bertz CT molecular complexity index is 474. The number of nitrogen functional groups attached to an aromatic ring is 1. The van der Waals surface area contributed by atoms with Crippen LogP contribution in [-0.2, 0) is 4.79 Å². The van der Waals surface area contributed by atoms with Crippen molar-refractivity contribution in [1.82, 2.24) is 15.6 Å². The SMILES string of the molecule is CCCN(C)c1nc(N)c(C(=O)NCCNC(C)=O)s1. The number of carbonyl (C=O) groups excluding carboxylic acids is 2. The van der Waals surface area contributed by atoms with Crippen molar-refractivity contribution in [2.24, 2.45) is 0 Å². The highest BCUT2D eigenvalue weighted by molar-refractivity contribution is 7.18. The fourth-order valence-electron chi connectivity index (χ4n) is 1.57. The minimum atomic E-state index is -0.262. The van der Waals surface area contributed by atoms with Crippen LogP contribution in [0.4, 0.5) is 10.9 Å². The van der Waals surface area contributed by atoms with Crippen LogP contribution in [0.25, 0.3) is 0 Å². The molecule has 112 valence electrons. The molecule has 8 heteroatoms. The summed E-state index contributed by atoms with van der Waals surface area (Å²) in [6, 6.07) is 0. The quantitative estimate of drug-likeness (QED) is 0.634. The third-order valence-electron chi connectivity index (χ3n) is 2.52. The van der Waals surface area contributed by atoms with Gasteiger partial charge in [0.25, 0.3) is 5.91 Å². The van der Waals surface area contributed by atoms with Crippen molar-refractivity contribution in [3.05, 3.63) is 4.88 Å². The second-order valence-electron chi connectivity index (χ2n) is 4.37. The number of rotatable bonds is 7. The first-order chi connectivity index (χ1) is 9.45. The van der Waals surface area contributed by atoms with Crippen molar-refractivity contribution in [3.63, 3.8) is 0 Å². The third-order valence-corrected chi connectivity index (χ3v) is 3.70. The van der Waals surface area contributed by atoms with E-state index in [9.17, 15) is 9.59 Å². The summed E-state index contributed by atoms with van der Waals surface area (Å²) in [4.78, 5) is 29.2. The predicted octanol–water partition coefficient (Wildman–Crippen LogP) is 0.437. The standard InChI is InChI=1S/C12H21N5O2S/c1-4-7-17(3)12-16-10(13)9(20-12)11(19)15-6-5-14-8(2)18/h4-7,13H2,1-3H3,(H,14,18)(H,15,19). The summed E-state index contributed by atoms with van der Waals surface area (Å²) in [5.41, 5.74) is 5.77. The summed E-state index contributed by atoms with van der Waals surface area (Å²) in [6.45, 7) is 5.11. The summed E-state index contributed by atoms with van der Waals surface area (Å²) >= 11 is 1.27. The zero-order valence-corrected chi connectivity index (χ0v) is 12.8. The number of anilines is 2. The van der Waals surface area contributed by atoms with Crippen molar-refractivity contribution in [2.75, 3.05) is 37.3 Å². The number of carbonyl (C=O) groups is 2. The Kier molecular flexibility index (Phi) is 6.23. The molecule has 0 radical (unpaired) electrons. The van der Waals surface area contributed by atoms with E-state index >= 15 is 0 Å².